The Balaban J connectivity index is 3.17. The number of amides is 4. The lowest BCUT2D eigenvalue weighted by Gasteiger charge is -2.13. The van der Waals surface area contributed by atoms with Gasteiger partial charge in [0.05, 0.1) is 0 Å². The molecular formula is C14H12N4O4. The Kier molecular flexibility index (Phi) is 3.52. The number of benzene rings is 2. The van der Waals surface area contributed by atoms with Crippen molar-refractivity contribution in [3.05, 3.63) is 46.5 Å². The van der Waals surface area contributed by atoms with Gasteiger partial charge in [0.25, 0.3) is 0 Å². The highest BCUT2D eigenvalue weighted by molar-refractivity contribution is 6.24. The lowest BCUT2D eigenvalue weighted by atomic mass is 9.90. The van der Waals surface area contributed by atoms with E-state index in [-0.39, 0.29) is 33.0 Å². The van der Waals surface area contributed by atoms with Crippen molar-refractivity contribution in [2.24, 2.45) is 22.9 Å². The van der Waals surface area contributed by atoms with Gasteiger partial charge in [0.2, 0.25) is 23.6 Å². The van der Waals surface area contributed by atoms with Crippen LogP contribution in [0.5, 0.6) is 0 Å². The molecule has 0 fully saturated rings. The van der Waals surface area contributed by atoms with Crippen LogP contribution in [0.1, 0.15) is 41.4 Å². The van der Waals surface area contributed by atoms with Crippen molar-refractivity contribution < 1.29 is 19.2 Å². The summed E-state index contributed by atoms with van der Waals surface area (Å²) in [4.78, 5) is 46.4. The molecule has 8 N–H and O–H groups in total. The zero-order valence-corrected chi connectivity index (χ0v) is 11.3. The molecule has 0 aromatic heterocycles. The summed E-state index contributed by atoms with van der Waals surface area (Å²) in [6.07, 6.45) is 0. The second-order valence-corrected chi connectivity index (χ2v) is 4.53. The molecule has 0 radical (unpaired) electrons. The quantitative estimate of drug-likeness (QED) is 0.581. The minimum Gasteiger partial charge on any atom is -0.366 e. The third kappa shape index (κ3) is 2.22. The smallest absolute Gasteiger partial charge is 0.249 e. The van der Waals surface area contributed by atoms with E-state index in [0.29, 0.717) is 0 Å². The average Bonchev–Trinajstić information content (AvgIpc) is 2.43. The molecule has 0 unspecified atom stereocenters. The van der Waals surface area contributed by atoms with E-state index in [0.717, 1.165) is 0 Å². The first kappa shape index (κ1) is 15.0. The number of hydrogen-bond donors (Lipinski definition) is 4. The minimum absolute atomic E-state index is 0.0207. The molecule has 8 heteroatoms. The molecule has 112 valence electrons. The van der Waals surface area contributed by atoms with Crippen molar-refractivity contribution in [1.82, 2.24) is 0 Å². The summed E-state index contributed by atoms with van der Waals surface area (Å²) in [5, 5.41) is -0.0415. The molecule has 0 heterocycles. The normalized spacial score (nSPS) is 10.4. The van der Waals surface area contributed by atoms with Crippen molar-refractivity contribution in [2.75, 3.05) is 0 Å². The van der Waals surface area contributed by atoms with Gasteiger partial charge in [-0.3, -0.25) is 19.2 Å². The third-order valence-electron chi connectivity index (χ3n) is 3.22. The molecule has 4 amide bonds. The molecule has 2 rings (SSSR count). The molecule has 0 aliphatic rings. The zero-order chi connectivity index (χ0) is 16.6. The number of carbonyl (C=O) groups is 4. The zero-order valence-electron chi connectivity index (χ0n) is 11.3. The Morgan fingerprint density at radius 3 is 0.818 bits per heavy atom. The summed E-state index contributed by atoms with van der Waals surface area (Å²) in [5.41, 5.74) is 20.8. The highest BCUT2D eigenvalue weighted by Crippen LogP contribution is 2.29. The maximum atomic E-state index is 11.6. The topological polar surface area (TPSA) is 172 Å². The first-order chi connectivity index (χ1) is 10.3. The van der Waals surface area contributed by atoms with E-state index >= 15 is 0 Å². The van der Waals surface area contributed by atoms with Gasteiger partial charge in [-0.05, 0) is 24.3 Å². The average molecular weight is 300 g/mol. The van der Waals surface area contributed by atoms with Crippen LogP contribution in [0.15, 0.2) is 24.3 Å². The minimum atomic E-state index is -0.856. The Morgan fingerprint density at radius 2 is 0.682 bits per heavy atom. The van der Waals surface area contributed by atoms with Crippen LogP contribution in [0.4, 0.5) is 0 Å². The Hall–Kier alpha value is -3.42. The van der Waals surface area contributed by atoms with Crippen LogP contribution in [0.25, 0.3) is 10.8 Å². The highest BCUT2D eigenvalue weighted by atomic mass is 16.2. The van der Waals surface area contributed by atoms with Gasteiger partial charge < -0.3 is 22.9 Å². The van der Waals surface area contributed by atoms with Crippen molar-refractivity contribution >= 4 is 34.4 Å². The third-order valence-corrected chi connectivity index (χ3v) is 3.22. The van der Waals surface area contributed by atoms with E-state index in [1.54, 1.807) is 0 Å². The van der Waals surface area contributed by atoms with Gasteiger partial charge in [-0.2, -0.15) is 0 Å². The van der Waals surface area contributed by atoms with Crippen LogP contribution in [0, 0.1) is 0 Å². The predicted molar refractivity (Wildman–Crippen MR) is 78.0 cm³/mol. The number of carbonyl (C=O) groups excluding carboxylic acids is 4. The van der Waals surface area contributed by atoms with Gasteiger partial charge in [-0.15, -0.1) is 0 Å². The molecule has 0 spiro atoms. The van der Waals surface area contributed by atoms with Crippen LogP contribution < -0.4 is 22.9 Å². The van der Waals surface area contributed by atoms with E-state index in [4.69, 9.17) is 22.9 Å². The van der Waals surface area contributed by atoms with Gasteiger partial charge in [0, 0.05) is 33.0 Å². The van der Waals surface area contributed by atoms with Crippen LogP contribution >= 0.6 is 0 Å². The van der Waals surface area contributed by atoms with Crippen molar-refractivity contribution in [1.29, 1.82) is 0 Å². The Morgan fingerprint density at radius 1 is 0.500 bits per heavy atom. The van der Waals surface area contributed by atoms with Crippen LogP contribution in [0.2, 0.25) is 0 Å². The summed E-state index contributed by atoms with van der Waals surface area (Å²) < 4.78 is 0. The SMILES string of the molecule is NC(=O)c1ccc(C(N)=O)c2c(C(N)=O)ccc(C(N)=O)c12. The molecule has 0 saturated heterocycles. The number of nitrogens with two attached hydrogens (primary N) is 4. The molecule has 2 aromatic carbocycles. The molecule has 8 nitrogen and oxygen atoms in total. The molecule has 0 aliphatic heterocycles. The summed E-state index contributed by atoms with van der Waals surface area (Å²) in [6.45, 7) is 0. The molecule has 0 aliphatic carbocycles. The second-order valence-electron chi connectivity index (χ2n) is 4.53. The van der Waals surface area contributed by atoms with Crippen molar-refractivity contribution in [2.45, 2.75) is 0 Å². The lowest BCUT2D eigenvalue weighted by Crippen LogP contribution is -2.21. The lowest BCUT2D eigenvalue weighted by molar-refractivity contribution is 0.0984. The fourth-order valence-electron chi connectivity index (χ4n) is 2.32. The van der Waals surface area contributed by atoms with E-state index < -0.39 is 23.6 Å². The van der Waals surface area contributed by atoms with E-state index in [9.17, 15) is 19.2 Å². The molecule has 0 bridgehead atoms. The highest BCUT2D eigenvalue weighted by Gasteiger charge is 2.22. The van der Waals surface area contributed by atoms with Gasteiger partial charge in [0.15, 0.2) is 0 Å². The standard InChI is InChI=1S/C14H12N4O4/c15-11(19)5-1-2-6(12(16)20)10-8(14(18)22)4-3-7(9(5)10)13(17)21/h1-4H,(H2,15,19)(H2,16,20)(H2,17,21)(H2,18,22). The molecule has 0 saturated carbocycles. The summed E-state index contributed by atoms with van der Waals surface area (Å²) in [7, 11) is 0. The van der Waals surface area contributed by atoms with Crippen molar-refractivity contribution in [3.63, 3.8) is 0 Å². The Labute approximate surface area is 124 Å². The number of hydrogen-bond acceptors (Lipinski definition) is 4. The Bertz CT molecular complexity index is 720. The largest absolute Gasteiger partial charge is 0.366 e. The fourth-order valence-corrected chi connectivity index (χ4v) is 2.32. The van der Waals surface area contributed by atoms with Crippen LogP contribution in [-0.2, 0) is 0 Å². The first-order valence-electron chi connectivity index (χ1n) is 6.04. The van der Waals surface area contributed by atoms with Gasteiger partial charge in [-0.25, -0.2) is 0 Å². The summed E-state index contributed by atoms with van der Waals surface area (Å²) >= 11 is 0. The van der Waals surface area contributed by atoms with E-state index in [1.165, 1.54) is 24.3 Å². The maximum Gasteiger partial charge on any atom is 0.249 e. The number of fused-ring (bicyclic) bond motifs is 1. The van der Waals surface area contributed by atoms with Gasteiger partial charge in [-0.1, -0.05) is 0 Å². The fraction of sp³-hybridized carbons (Fsp3) is 0. The van der Waals surface area contributed by atoms with Crippen molar-refractivity contribution in [3.8, 4) is 0 Å². The molecule has 2 aromatic rings. The van der Waals surface area contributed by atoms with Crippen LogP contribution in [-0.4, -0.2) is 23.6 Å². The predicted octanol–water partition coefficient (Wildman–Crippen LogP) is -0.765. The molecule has 22 heavy (non-hydrogen) atoms. The van der Waals surface area contributed by atoms with Gasteiger partial charge in [0.1, 0.15) is 0 Å². The van der Waals surface area contributed by atoms with Gasteiger partial charge >= 0.3 is 0 Å². The monoisotopic (exact) mass is 300 g/mol. The maximum absolute atomic E-state index is 11.6. The van der Waals surface area contributed by atoms with E-state index in [1.807, 2.05) is 0 Å². The first-order valence-corrected chi connectivity index (χ1v) is 6.04. The van der Waals surface area contributed by atoms with Crippen LogP contribution in [0.3, 0.4) is 0 Å². The van der Waals surface area contributed by atoms with E-state index in [2.05, 4.69) is 0 Å². The number of rotatable bonds is 4. The summed E-state index contributed by atoms with van der Waals surface area (Å²) in [6, 6.07) is 4.95. The number of primary amides is 4. The molecular weight excluding hydrogens is 288 g/mol. The summed E-state index contributed by atoms with van der Waals surface area (Å²) in [5.74, 6) is -3.43. The molecule has 0 atom stereocenters. The second kappa shape index (κ2) is 5.17.